The normalized spacial score (nSPS) is 10.7. The zero-order chi connectivity index (χ0) is 12.8. The van der Waals surface area contributed by atoms with Crippen LogP contribution in [-0.2, 0) is 9.47 Å². The van der Waals surface area contributed by atoms with E-state index < -0.39 is 0 Å². The highest BCUT2D eigenvalue weighted by atomic mass is 16.5. The number of carbonyl (C=O) groups excluding carboxylic acids is 1. The Bertz CT molecular complexity index is 529. The molecule has 0 amide bonds. The third-order valence-corrected chi connectivity index (χ3v) is 2.75. The summed E-state index contributed by atoms with van der Waals surface area (Å²) >= 11 is 0. The second kappa shape index (κ2) is 6.28. The van der Waals surface area contributed by atoms with Crippen molar-refractivity contribution in [2.24, 2.45) is 0 Å². The highest BCUT2D eigenvalue weighted by Gasteiger charge is 2.09. The third kappa shape index (κ3) is 2.94. The molecule has 2 aromatic carbocycles. The van der Waals surface area contributed by atoms with E-state index in [1.54, 1.807) is 7.11 Å². The van der Waals surface area contributed by atoms with Crippen LogP contribution in [0.1, 0.15) is 10.4 Å². The number of fused-ring (bicyclic) bond motifs is 1. The predicted molar refractivity (Wildman–Crippen MR) is 71.0 cm³/mol. The number of carbonyl (C=O) groups is 1. The number of methoxy groups -OCH3 is 1. The molecule has 2 aromatic rings. The Hall–Kier alpha value is -1.71. The van der Waals surface area contributed by atoms with Gasteiger partial charge in [0, 0.05) is 12.7 Å². The van der Waals surface area contributed by atoms with E-state index in [1.165, 1.54) is 0 Å². The van der Waals surface area contributed by atoms with Crippen molar-refractivity contribution in [3.8, 4) is 0 Å². The molecule has 2 rings (SSSR count). The van der Waals surface area contributed by atoms with Gasteiger partial charge in [0.2, 0.25) is 0 Å². The Morgan fingerprint density at radius 2 is 1.83 bits per heavy atom. The van der Waals surface area contributed by atoms with E-state index in [1.807, 2.05) is 42.5 Å². The molecule has 94 valence electrons. The number of hydrogen-bond acceptors (Lipinski definition) is 3. The van der Waals surface area contributed by atoms with Gasteiger partial charge in [-0.3, -0.25) is 4.79 Å². The first kappa shape index (κ1) is 12.7. The van der Waals surface area contributed by atoms with Gasteiger partial charge in [0.25, 0.3) is 0 Å². The largest absolute Gasteiger partial charge is 0.382 e. The quantitative estimate of drug-likeness (QED) is 0.579. The zero-order valence-electron chi connectivity index (χ0n) is 10.4. The van der Waals surface area contributed by atoms with Crippen LogP contribution in [0.2, 0.25) is 0 Å². The fraction of sp³-hybridized carbons (Fsp3) is 0.267. The summed E-state index contributed by atoms with van der Waals surface area (Å²) in [6, 6.07) is 13.6. The van der Waals surface area contributed by atoms with Gasteiger partial charge in [-0.25, -0.2) is 0 Å². The van der Waals surface area contributed by atoms with Gasteiger partial charge >= 0.3 is 0 Å². The lowest BCUT2D eigenvalue weighted by Crippen LogP contribution is -2.12. The molecule has 18 heavy (non-hydrogen) atoms. The zero-order valence-corrected chi connectivity index (χ0v) is 10.4. The smallest absolute Gasteiger partial charge is 0.189 e. The highest BCUT2D eigenvalue weighted by Crippen LogP contribution is 2.18. The molecule has 3 nitrogen and oxygen atoms in total. The monoisotopic (exact) mass is 244 g/mol. The average molecular weight is 244 g/mol. The fourth-order valence-corrected chi connectivity index (χ4v) is 1.85. The molecule has 0 aliphatic heterocycles. The van der Waals surface area contributed by atoms with Crippen molar-refractivity contribution >= 4 is 16.6 Å². The maximum Gasteiger partial charge on any atom is 0.189 e. The molecule has 0 saturated carbocycles. The van der Waals surface area contributed by atoms with E-state index in [0.717, 1.165) is 10.8 Å². The average Bonchev–Trinajstić information content (AvgIpc) is 2.43. The van der Waals surface area contributed by atoms with Gasteiger partial charge in [0.1, 0.15) is 6.61 Å². The lowest BCUT2D eigenvalue weighted by atomic mass is 10.0. The predicted octanol–water partition coefficient (Wildman–Crippen LogP) is 2.69. The molecule has 0 spiro atoms. The van der Waals surface area contributed by atoms with E-state index >= 15 is 0 Å². The molecule has 0 atom stereocenters. The Kier molecular flexibility index (Phi) is 4.45. The molecule has 3 heteroatoms. The molecule has 0 unspecified atom stereocenters. The topological polar surface area (TPSA) is 35.5 Å². The van der Waals surface area contributed by atoms with Gasteiger partial charge in [0.05, 0.1) is 13.2 Å². The maximum atomic E-state index is 12.1. The summed E-state index contributed by atoms with van der Waals surface area (Å²) in [5.74, 6) is 0.00269. The van der Waals surface area contributed by atoms with E-state index in [0.29, 0.717) is 18.8 Å². The first-order chi connectivity index (χ1) is 8.83. The van der Waals surface area contributed by atoms with E-state index in [4.69, 9.17) is 9.47 Å². The van der Waals surface area contributed by atoms with Crippen LogP contribution in [0.4, 0.5) is 0 Å². The molecule has 0 N–H and O–H groups in total. The molecule has 0 aliphatic carbocycles. The van der Waals surface area contributed by atoms with Crippen LogP contribution in [0.3, 0.4) is 0 Å². The van der Waals surface area contributed by atoms with Crippen LogP contribution in [-0.4, -0.2) is 32.7 Å². The number of hydrogen-bond donors (Lipinski definition) is 0. The summed E-state index contributed by atoms with van der Waals surface area (Å²) in [5, 5.41) is 2.04. The number of ether oxygens (including phenoxy) is 2. The van der Waals surface area contributed by atoms with Crippen LogP contribution < -0.4 is 0 Å². The van der Waals surface area contributed by atoms with Crippen molar-refractivity contribution < 1.29 is 14.3 Å². The van der Waals surface area contributed by atoms with Crippen molar-refractivity contribution in [1.29, 1.82) is 0 Å². The lowest BCUT2D eigenvalue weighted by molar-refractivity contribution is 0.0578. The summed E-state index contributed by atoms with van der Waals surface area (Å²) in [7, 11) is 1.61. The minimum atomic E-state index is 0.00269. The van der Waals surface area contributed by atoms with Crippen LogP contribution in [0.25, 0.3) is 10.8 Å². The Morgan fingerprint density at radius 3 is 2.67 bits per heavy atom. The number of rotatable bonds is 6. The Morgan fingerprint density at radius 1 is 1.06 bits per heavy atom. The van der Waals surface area contributed by atoms with Gasteiger partial charge in [0.15, 0.2) is 5.78 Å². The summed E-state index contributed by atoms with van der Waals surface area (Å²) in [4.78, 5) is 12.1. The molecule has 0 aromatic heterocycles. The number of ketones is 1. The van der Waals surface area contributed by atoms with E-state index in [2.05, 4.69) is 0 Å². The molecular formula is C15H16O3. The van der Waals surface area contributed by atoms with Crippen molar-refractivity contribution in [3.63, 3.8) is 0 Å². The molecule has 0 fully saturated rings. The van der Waals surface area contributed by atoms with Gasteiger partial charge in [-0.05, 0) is 10.8 Å². The van der Waals surface area contributed by atoms with Crippen molar-refractivity contribution in [2.75, 3.05) is 26.9 Å². The first-order valence-corrected chi connectivity index (χ1v) is 5.90. The lowest BCUT2D eigenvalue weighted by Gasteiger charge is -2.06. The minimum Gasteiger partial charge on any atom is -0.382 e. The number of benzene rings is 2. The summed E-state index contributed by atoms with van der Waals surface area (Å²) < 4.78 is 10.1. The van der Waals surface area contributed by atoms with Crippen molar-refractivity contribution in [1.82, 2.24) is 0 Å². The standard InChI is InChI=1S/C15H16O3/c1-17-9-10-18-11-15(16)14-8-4-6-12-5-2-3-7-13(12)14/h2-8H,9-11H2,1H3. The summed E-state index contributed by atoms with van der Waals surface area (Å²) in [5.41, 5.74) is 0.713. The highest BCUT2D eigenvalue weighted by molar-refractivity contribution is 6.08. The van der Waals surface area contributed by atoms with Gasteiger partial charge < -0.3 is 9.47 Å². The van der Waals surface area contributed by atoms with E-state index in [9.17, 15) is 4.79 Å². The van der Waals surface area contributed by atoms with Gasteiger partial charge in [-0.1, -0.05) is 42.5 Å². The Balaban J connectivity index is 2.13. The summed E-state index contributed by atoms with van der Waals surface area (Å²) in [6.07, 6.45) is 0. The van der Waals surface area contributed by atoms with Crippen molar-refractivity contribution in [3.05, 3.63) is 48.0 Å². The van der Waals surface area contributed by atoms with Crippen LogP contribution in [0.5, 0.6) is 0 Å². The summed E-state index contributed by atoms with van der Waals surface area (Å²) in [6.45, 7) is 1.03. The molecule has 0 saturated heterocycles. The van der Waals surface area contributed by atoms with Crippen LogP contribution >= 0.6 is 0 Å². The third-order valence-electron chi connectivity index (χ3n) is 2.75. The fourth-order valence-electron chi connectivity index (χ4n) is 1.85. The first-order valence-electron chi connectivity index (χ1n) is 5.90. The van der Waals surface area contributed by atoms with Crippen LogP contribution in [0.15, 0.2) is 42.5 Å². The molecular weight excluding hydrogens is 228 g/mol. The van der Waals surface area contributed by atoms with Gasteiger partial charge in [-0.2, -0.15) is 0 Å². The Labute approximate surface area is 106 Å². The number of Topliss-reactive ketones (excluding diaryl/α,β-unsaturated/α-hetero) is 1. The minimum absolute atomic E-state index is 0.00269. The maximum absolute atomic E-state index is 12.1. The molecule has 0 radical (unpaired) electrons. The molecule has 0 heterocycles. The molecule has 0 aliphatic rings. The van der Waals surface area contributed by atoms with Crippen molar-refractivity contribution in [2.45, 2.75) is 0 Å². The van der Waals surface area contributed by atoms with Gasteiger partial charge in [-0.15, -0.1) is 0 Å². The molecule has 0 bridgehead atoms. The SMILES string of the molecule is COCCOCC(=O)c1cccc2ccccc12. The van der Waals surface area contributed by atoms with Crippen LogP contribution in [0, 0.1) is 0 Å². The van der Waals surface area contributed by atoms with E-state index in [-0.39, 0.29) is 12.4 Å². The second-order valence-corrected chi connectivity index (χ2v) is 4.00. The second-order valence-electron chi connectivity index (χ2n) is 4.00.